The first-order valence-electron chi connectivity index (χ1n) is 16.4. The van der Waals surface area contributed by atoms with Gasteiger partial charge in [0.15, 0.2) is 17.5 Å². The Morgan fingerprint density at radius 3 is 1.67 bits per heavy atom. The van der Waals surface area contributed by atoms with Crippen molar-refractivity contribution in [3.63, 3.8) is 0 Å². The van der Waals surface area contributed by atoms with Crippen LogP contribution < -0.4 is 0 Å². The van der Waals surface area contributed by atoms with Gasteiger partial charge >= 0.3 is 0 Å². The lowest BCUT2D eigenvalue weighted by molar-refractivity contribution is 0.669. The van der Waals surface area contributed by atoms with Gasteiger partial charge in [-0.05, 0) is 61.6 Å². The molecule has 0 spiro atoms. The van der Waals surface area contributed by atoms with Crippen molar-refractivity contribution in [3.05, 3.63) is 164 Å². The van der Waals surface area contributed by atoms with E-state index in [0.29, 0.717) is 17.5 Å². The first-order chi connectivity index (χ1) is 24.3. The van der Waals surface area contributed by atoms with Gasteiger partial charge in [0.1, 0.15) is 11.2 Å². The first-order valence-corrected chi connectivity index (χ1v) is 16.4. The minimum Gasteiger partial charge on any atom is -0.456 e. The molecule has 0 saturated heterocycles. The molecule has 2 heterocycles. The summed E-state index contributed by atoms with van der Waals surface area (Å²) in [5.74, 6) is 1.94. The number of fused-ring (bicyclic) bond motifs is 7. The molecule has 0 atom stereocenters. The minimum atomic E-state index is 0.641. The third kappa shape index (κ3) is 4.49. The molecule has 10 aromatic rings. The second-order valence-electron chi connectivity index (χ2n) is 12.4. The maximum Gasteiger partial charge on any atom is 0.164 e. The Labute approximate surface area is 282 Å². The Balaban J connectivity index is 1.18. The monoisotopic (exact) mass is 625 g/mol. The van der Waals surface area contributed by atoms with Crippen molar-refractivity contribution in [3.8, 4) is 45.3 Å². The van der Waals surface area contributed by atoms with Gasteiger partial charge in [-0.3, -0.25) is 0 Å². The number of hydrogen-bond donors (Lipinski definition) is 0. The summed E-state index contributed by atoms with van der Waals surface area (Å²) in [5, 5.41) is 9.12. The fourth-order valence-corrected chi connectivity index (χ4v) is 7.23. The maximum absolute atomic E-state index is 6.32. The number of rotatable bonds is 4. The summed E-state index contributed by atoms with van der Waals surface area (Å²) in [6.45, 7) is 0. The van der Waals surface area contributed by atoms with E-state index in [9.17, 15) is 0 Å². The van der Waals surface area contributed by atoms with Crippen LogP contribution in [0.15, 0.2) is 168 Å². The lowest BCUT2D eigenvalue weighted by atomic mass is 9.94. The highest BCUT2D eigenvalue weighted by Gasteiger charge is 2.18. The van der Waals surface area contributed by atoms with E-state index in [2.05, 4.69) is 133 Å². The summed E-state index contributed by atoms with van der Waals surface area (Å²) in [4.78, 5) is 15.3. The topological polar surface area (TPSA) is 51.8 Å². The molecule has 4 heteroatoms. The number of benzene rings is 8. The van der Waals surface area contributed by atoms with Crippen LogP contribution in [0.1, 0.15) is 0 Å². The van der Waals surface area contributed by atoms with E-state index in [-0.39, 0.29) is 0 Å². The predicted molar refractivity (Wildman–Crippen MR) is 201 cm³/mol. The van der Waals surface area contributed by atoms with Crippen LogP contribution in [0.5, 0.6) is 0 Å². The van der Waals surface area contributed by atoms with Gasteiger partial charge in [0.25, 0.3) is 0 Å². The van der Waals surface area contributed by atoms with Crippen LogP contribution in [0.3, 0.4) is 0 Å². The minimum absolute atomic E-state index is 0.641. The molecule has 0 bridgehead atoms. The van der Waals surface area contributed by atoms with Crippen LogP contribution in [-0.2, 0) is 0 Å². The molecule has 10 rings (SSSR count). The van der Waals surface area contributed by atoms with Crippen LogP contribution in [-0.4, -0.2) is 15.0 Å². The van der Waals surface area contributed by atoms with Crippen molar-refractivity contribution < 1.29 is 4.42 Å². The van der Waals surface area contributed by atoms with Crippen LogP contribution in [0, 0.1) is 0 Å². The first kappa shape index (κ1) is 27.5. The fourth-order valence-electron chi connectivity index (χ4n) is 7.23. The van der Waals surface area contributed by atoms with Crippen LogP contribution >= 0.6 is 0 Å². The van der Waals surface area contributed by atoms with Crippen molar-refractivity contribution in [2.45, 2.75) is 0 Å². The summed E-state index contributed by atoms with van der Waals surface area (Å²) in [5.41, 5.74) is 6.94. The van der Waals surface area contributed by atoms with E-state index < -0.39 is 0 Å². The van der Waals surface area contributed by atoms with Gasteiger partial charge in [0.2, 0.25) is 0 Å². The molecule has 0 saturated carbocycles. The molecule has 0 unspecified atom stereocenters. The molecule has 4 nitrogen and oxygen atoms in total. The zero-order valence-corrected chi connectivity index (χ0v) is 26.3. The lowest BCUT2D eigenvalue weighted by Crippen LogP contribution is -2.01. The van der Waals surface area contributed by atoms with E-state index in [4.69, 9.17) is 19.4 Å². The van der Waals surface area contributed by atoms with Gasteiger partial charge in [-0.1, -0.05) is 146 Å². The molecule has 8 aromatic carbocycles. The molecule has 0 N–H and O–H groups in total. The van der Waals surface area contributed by atoms with E-state index >= 15 is 0 Å². The highest BCUT2D eigenvalue weighted by Crippen LogP contribution is 2.40. The molecule has 2 aromatic heterocycles. The molecule has 228 valence electrons. The van der Waals surface area contributed by atoms with E-state index in [1.54, 1.807) is 0 Å². The molecule has 0 amide bonds. The maximum atomic E-state index is 6.32. The van der Waals surface area contributed by atoms with E-state index in [1.807, 2.05) is 30.3 Å². The third-order valence-corrected chi connectivity index (χ3v) is 9.53. The molecule has 0 aliphatic heterocycles. The smallest absolute Gasteiger partial charge is 0.164 e. The predicted octanol–water partition coefficient (Wildman–Crippen LogP) is 11.9. The Morgan fingerprint density at radius 2 is 0.878 bits per heavy atom. The van der Waals surface area contributed by atoms with Gasteiger partial charge in [0, 0.05) is 27.5 Å². The van der Waals surface area contributed by atoms with Gasteiger partial charge in [-0.25, -0.2) is 15.0 Å². The van der Waals surface area contributed by atoms with Crippen molar-refractivity contribution in [2.75, 3.05) is 0 Å². The average Bonchev–Trinajstić information content (AvgIpc) is 3.56. The molecule has 0 aliphatic carbocycles. The number of aromatic nitrogens is 3. The Hall–Kier alpha value is -6.65. The van der Waals surface area contributed by atoms with Crippen molar-refractivity contribution in [1.82, 2.24) is 15.0 Å². The molecule has 0 fully saturated rings. The average molecular weight is 626 g/mol. The van der Waals surface area contributed by atoms with E-state index in [0.717, 1.165) is 71.3 Å². The second kappa shape index (κ2) is 11.0. The summed E-state index contributed by atoms with van der Waals surface area (Å²) in [7, 11) is 0. The third-order valence-electron chi connectivity index (χ3n) is 9.53. The second-order valence-corrected chi connectivity index (χ2v) is 12.4. The quantitative estimate of drug-likeness (QED) is 0.195. The molecular formula is C45H27N3O. The number of furan rings is 1. The van der Waals surface area contributed by atoms with Gasteiger partial charge in [-0.2, -0.15) is 0 Å². The number of hydrogen-bond acceptors (Lipinski definition) is 4. The Kier molecular flexibility index (Phi) is 6.15. The Morgan fingerprint density at radius 1 is 0.327 bits per heavy atom. The summed E-state index contributed by atoms with van der Waals surface area (Å²) in [6, 6.07) is 56.9. The molecular weight excluding hydrogens is 599 g/mol. The lowest BCUT2D eigenvalue weighted by Gasteiger charge is -2.13. The summed E-state index contributed by atoms with van der Waals surface area (Å²) in [6.07, 6.45) is 0. The van der Waals surface area contributed by atoms with E-state index in [1.165, 1.54) is 10.8 Å². The van der Waals surface area contributed by atoms with Crippen molar-refractivity contribution in [1.29, 1.82) is 0 Å². The highest BCUT2D eigenvalue weighted by molar-refractivity contribution is 6.19. The zero-order chi connectivity index (χ0) is 32.3. The van der Waals surface area contributed by atoms with Crippen molar-refractivity contribution >= 4 is 54.3 Å². The molecule has 49 heavy (non-hydrogen) atoms. The zero-order valence-electron chi connectivity index (χ0n) is 26.3. The summed E-state index contributed by atoms with van der Waals surface area (Å²) >= 11 is 0. The Bertz CT molecular complexity index is 2890. The standard InChI is InChI=1S/C45H27N3O/c1-2-13-30(14-3-1)43-46-44(37-21-8-15-28-11-4-6-16-32(28)37)48-45(47-43)38-22-10-19-35-33(18-9-20-36(35)38)31-24-25-40-39(27-31)42-34-17-7-5-12-29(34)23-26-41(42)49-40/h1-27H. The van der Waals surface area contributed by atoms with Crippen LogP contribution in [0.25, 0.3) is 99.5 Å². The SMILES string of the molecule is c1ccc(-c2nc(-c3cccc4ccccc34)nc(-c3cccc4c(-c5ccc6oc7ccc8ccccc8c7c6c5)cccc34)n2)cc1. The normalized spacial score (nSPS) is 11.7. The van der Waals surface area contributed by atoms with Crippen LogP contribution in [0.2, 0.25) is 0 Å². The molecule has 0 radical (unpaired) electrons. The largest absolute Gasteiger partial charge is 0.456 e. The van der Waals surface area contributed by atoms with Gasteiger partial charge < -0.3 is 4.42 Å². The van der Waals surface area contributed by atoms with Crippen LogP contribution in [0.4, 0.5) is 0 Å². The summed E-state index contributed by atoms with van der Waals surface area (Å²) < 4.78 is 6.32. The fraction of sp³-hybridized carbons (Fsp3) is 0. The van der Waals surface area contributed by atoms with Gasteiger partial charge in [-0.15, -0.1) is 0 Å². The highest BCUT2D eigenvalue weighted by atomic mass is 16.3. The van der Waals surface area contributed by atoms with Crippen molar-refractivity contribution in [2.24, 2.45) is 0 Å². The molecule has 0 aliphatic rings. The number of nitrogens with zero attached hydrogens (tertiary/aromatic N) is 3. The van der Waals surface area contributed by atoms with Gasteiger partial charge in [0.05, 0.1) is 0 Å².